The Morgan fingerprint density at radius 3 is 2.06 bits per heavy atom. The maximum absolute atomic E-state index is 12.2. The standard InChI is InChI=1S/C23H27N3O5/c1-15(2)13-21(28)25-19-11-9-17(10-12-19)20(27)14-31-22(29)16(3)24-23(30)26-18-7-5-4-6-8-18/h4-12,15-16H,13-14H2,1-3H3,(H,25,28)(H2,24,26,30)/t16-/m0/s1. The first kappa shape index (κ1) is 23.6. The molecule has 0 fully saturated rings. The van der Waals surface area contributed by atoms with Crippen molar-refractivity contribution in [2.45, 2.75) is 33.2 Å². The number of urea groups is 1. The summed E-state index contributed by atoms with van der Waals surface area (Å²) in [5.74, 6) is -0.971. The van der Waals surface area contributed by atoms with Gasteiger partial charge in [0.05, 0.1) is 0 Å². The van der Waals surface area contributed by atoms with Gasteiger partial charge in [0.25, 0.3) is 0 Å². The van der Waals surface area contributed by atoms with Gasteiger partial charge in [-0.05, 0) is 49.2 Å². The molecule has 2 rings (SSSR count). The number of hydrogen-bond donors (Lipinski definition) is 3. The summed E-state index contributed by atoms with van der Waals surface area (Å²) in [7, 11) is 0. The number of hydrogen-bond acceptors (Lipinski definition) is 5. The quantitative estimate of drug-likeness (QED) is 0.420. The number of ketones is 1. The molecule has 0 saturated heterocycles. The third-order valence-electron chi connectivity index (χ3n) is 4.16. The summed E-state index contributed by atoms with van der Waals surface area (Å²) >= 11 is 0. The summed E-state index contributed by atoms with van der Waals surface area (Å²) < 4.78 is 5.01. The lowest BCUT2D eigenvalue weighted by Gasteiger charge is -2.14. The number of Topliss-reactive ketones (excluding diaryl/α,β-unsaturated/α-hetero) is 1. The maximum Gasteiger partial charge on any atom is 0.328 e. The number of anilines is 2. The van der Waals surface area contributed by atoms with Crippen molar-refractivity contribution in [3.63, 3.8) is 0 Å². The molecule has 0 saturated carbocycles. The van der Waals surface area contributed by atoms with E-state index in [2.05, 4.69) is 16.0 Å². The van der Waals surface area contributed by atoms with Crippen LogP contribution < -0.4 is 16.0 Å². The molecule has 0 heterocycles. The Balaban J connectivity index is 1.78. The average molecular weight is 425 g/mol. The second kappa shape index (κ2) is 11.5. The lowest BCUT2D eigenvalue weighted by atomic mass is 10.1. The molecular formula is C23H27N3O5. The second-order valence-corrected chi connectivity index (χ2v) is 7.44. The van der Waals surface area contributed by atoms with Gasteiger partial charge in [0, 0.05) is 23.4 Å². The first-order valence-corrected chi connectivity index (χ1v) is 9.97. The van der Waals surface area contributed by atoms with Gasteiger partial charge in [-0.15, -0.1) is 0 Å². The third-order valence-corrected chi connectivity index (χ3v) is 4.16. The molecule has 0 aliphatic heterocycles. The normalized spacial score (nSPS) is 11.4. The lowest BCUT2D eigenvalue weighted by molar-refractivity contribution is -0.144. The number of para-hydroxylation sites is 1. The first-order valence-electron chi connectivity index (χ1n) is 9.97. The fraction of sp³-hybridized carbons (Fsp3) is 0.304. The van der Waals surface area contributed by atoms with Crippen LogP contribution in [-0.2, 0) is 14.3 Å². The van der Waals surface area contributed by atoms with E-state index in [1.54, 1.807) is 48.5 Å². The van der Waals surface area contributed by atoms with Crippen molar-refractivity contribution in [3.05, 3.63) is 60.2 Å². The van der Waals surface area contributed by atoms with Crippen LogP contribution in [0.5, 0.6) is 0 Å². The summed E-state index contributed by atoms with van der Waals surface area (Å²) in [6, 6.07) is 13.6. The molecule has 8 nitrogen and oxygen atoms in total. The van der Waals surface area contributed by atoms with E-state index in [9.17, 15) is 19.2 Å². The molecule has 0 aromatic heterocycles. The van der Waals surface area contributed by atoms with Crippen LogP contribution in [0.4, 0.5) is 16.2 Å². The van der Waals surface area contributed by atoms with Crippen molar-refractivity contribution in [1.82, 2.24) is 5.32 Å². The van der Waals surface area contributed by atoms with E-state index in [1.807, 2.05) is 19.9 Å². The topological polar surface area (TPSA) is 114 Å². The highest BCUT2D eigenvalue weighted by Crippen LogP contribution is 2.12. The highest BCUT2D eigenvalue weighted by Gasteiger charge is 2.19. The molecule has 164 valence electrons. The predicted octanol–water partition coefficient (Wildman–Crippen LogP) is 3.61. The number of amides is 3. The molecule has 2 aromatic carbocycles. The van der Waals surface area contributed by atoms with Gasteiger partial charge in [-0.3, -0.25) is 9.59 Å². The number of benzene rings is 2. The minimum absolute atomic E-state index is 0.0965. The first-order chi connectivity index (χ1) is 14.7. The zero-order chi connectivity index (χ0) is 22.8. The van der Waals surface area contributed by atoms with Gasteiger partial charge < -0.3 is 20.7 Å². The van der Waals surface area contributed by atoms with Gasteiger partial charge in [0.2, 0.25) is 5.91 Å². The molecule has 31 heavy (non-hydrogen) atoms. The van der Waals surface area contributed by atoms with Crippen molar-refractivity contribution in [2.24, 2.45) is 5.92 Å². The average Bonchev–Trinajstić information content (AvgIpc) is 2.72. The Morgan fingerprint density at radius 1 is 0.839 bits per heavy atom. The Hall–Kier alpha value is -3.68. The van der Waals surface area contributed by atoms with Crippen molar-refractivity contribution < 1.29 is 23.9 Å². The fourth-order valence-corrected chi connectivity index (χ4v) is 2.61. The van der Waals surface area contributed by atoms with Crippen LogP contribution in [0.1, 0.15) is 37.6 Å². The van der Waals surface area contributed by atoms with Crippen molar-refractivity contribution in [2.75, 3.05) is 17.2 Å². The van der Waals surface area contributed by atoms with E-state index < -0.39 is 30.4 Å². The van der Waals surface area contributed by atoms with Crippen molar-refractivity contribution in [3.8, 4) is 0 Å². The Morgan fingerprint density at radius 2 is 1.45 bits per heavy atom. The largest absolute Gasteiger partial charge is 0.456 e. The monoisotopic (exact) mass is 425 g/mol. The van der Waals surface area contributed by atoms with Gasteiger partial charge in [0.15, 0.2) is 12.4 Å². The minimum Gasteiger partial charge on any atom is -0.456 e. The number of carbonyl (C=O) groups excluding carboxylic acids is 4. The van der Waals surface area contributed by atoms with E-state index in [-0.39, 0.29) is 11.8 Å². The van der Waals surface area contributed by atoms with Crippen LogP contribution in [0.2, 0.25) is 0 Å². The minimum atomic E-state index is -0.935. The summed E-state index contributed by atoms with van der Waals surface area (Å²) in [5.41, 5.74) is 1.51. The lowest BCUT2D eigenvalue weighted by Crippen LogP contribution is -2.42. The SMILES string of the molecule is CC(C)CC(=O)Nc1ccc(C(=O)COC(=O)[C@H](C)NC(=O)Nc2ccccc2)cc1. The molecule has 3 amide bonds. The molecule has 0 bridgehead atoms. The van der Waals surface area contributed by atoms with E-state index in [4.69, 9.17) is 4.74 Å². The molecule has 2 aromatic rings. The fourth-order valence-electron chi connectivity index (χ4n) is 2.61. The number of nitrogens with one attached hydrogen (secondary N) is 3. The van der Waals surface area contributed by atoms with Crippen LogP contribution in [0, 0.1) is 5.92 Å². The van der Waals surface area contributed by atoms with E-state index >= 15 is 0 Å². The highest BCUT2D eigenvalue weighted by atomic mass is 16.5. The van der Waals surface area contributed by atoms with Crippen LogP contribution in [-0.4, -0.2) is 36.3 Å². The third kappa shape index (κ3) is 8.30. The summed E-state index contributed by atoms with van der Waals surface area (Å²) in [6.45, 7) is 4.92. The Labute approximate surface area is 181 Å². The smallest absolute Gasteiger partial charge is 0.328 e. The van der Waals surface area contributed by atoms with Crippen molar-refractivity contribution >= 4 is 35.1 Å². The van der Waals surface area contributed by atoms with Crippen LogP contribution in [0.15, 0.2) is 54.6 Å². The summed E-state index contributed by atoms with van der Waals surface area (Å²) in [6.07, 6.45) is 0.409. The molecule has 0 aliphatic carbocycles. The van der Waals surface area contributed by atoms with Crippen LogP contribution in [0.25, 0.3) is 0 Å². The zero-order valence-electron chi connectivity index (χ0n) is 17.8. The van der Waals surface area contributed by atoms with E-state index in [1.165, 1.54) is 6.92 Å². The number of esters is 1. The zero-order valence-corrected chi connectivity index (χ0v) is 17.8. The molecule has 3 N–H and O–H groups in total. The summed E-state index contributed by atoms with van der Waals surface area (Å²) in [5, 5.41) is 7.81. The Kier molecular flexibility index (Phi) is 8.75. The maximum atomic E-state index is 12.2. The highest BCUT2D eigenvalue weighted by molar-refractivity contribution is 5.99. The van der Waals surface area contributed by atoms with Crippen LogP contribution >= 0.6 is 0 Å². The van der Waals surface area contributed by atoms with Crippen molar-refractivity contribution in [1.29, 1.82) is 0 Å². The van der Waals surface area contributed by atoms with Gasteiger partial charge in [-0.2, -0.15) is 0 Å². The molecule has 1 atom stereocenters. The molecule has 0 spiro atoms. The number of carbonyl (C=O) groups is 4. The van der Waals surface area contributed by atoms with Gasteiger partial charge in [-0.1, -0.05) is 32.0 Å². The van der Waals surface area contributed by atoms with E-state index in [0.29, 0.717) is 23.4 Å². The summed E-state index contributed by atoms with van der Waals surface area (Å²) in [4.78, 5) is 48.0. The predicted molar refractivity (Wildman–Crippen MR) is 118 cm³/mol. The molecule has 8 heteroatoms. The second-order valence-electron chi connectivity index (χ2n) is 7.44. The number of ether oxygens (including phenoxy) is 1. The molecule has 0 radical (unpaired) electrons. The van der Waals surface area contributed by atoms with Gasteiger partial charge in [0.1, 0.15) is 6.04 Å². The molecule has 0 unspecified atom stereocenters. The van der Waals surface area contributed by atoms with Gasteiger partial charge in [-0.25, -0.2) is 9.59 Å². The van der Waals surface area contributed by atoms with Crippen LogP contribution in [0.3, 0.4) is 0 Å². The van der Waals surface area contributed by atoms with Gasteiger partial charge >= 0.3 is 12.0 Å². The van der Waals surface area contributed by atoms with E-state index in [0.717, 1.165) is 0 Å². The molecular weight excluding hydrogens is 398 g/mol. The molecule has 0 aliphatic rings. The number of rotatable bonds is 9. The Bertz CT molecular complexity index is 911.